The van der Waals surface area contributed by atoms with E-state index in [0.29, 0.717) is 6.54 Å². The van der Waals surface area contributed by atoms with Crippen LogP contribution in [0.3, 0.4) is 0 Å². The van der Waals surface area contributed by atoms with E-state index in [0.717, 1.165) is 36.4 Å². The second kappa shape index (κ2) is 11.4. The number of fused-ring (bicyclic) bond motifs is 1. The number of likely N-dealkylation sites (tertiary alicyclic amines) is 1. The maximum Gasteiger partial charge on any atom is 0.191 e. The van der Waals surface area contributed by atoms with Crippen molar-refractivity contribution in [3.05, 3.63) is 65.6 Å². The minimum absolute atomic E-state index is 0. The second-order valence-corrected chi connectivity index (χ2v) is 8.12. The van der Waals surface area contributed by atoms with Crippen LogP contribution in [-0.2, 0) is 19.6 Å². The SMILES string of the molecule is CN=C(NCc1ccc(CN2CCCC(C)C2)cc1)NCc1nnc2ccccn12.I. The van der Waals surface area contributed by atoms with E-state index in [1.807, 2.05) is 28.8 Å². The van der Waals surface area contributed by atoms with E-state index in [4.69, 9.17) is 0 Å². The first-order valence-electron chi connectivity index (χ1n) is 10.7. The number of guanidine groups is 1. The molecule has 0 saturated carbocycles. The zero-order chi connectivity index (χ0) is 20.8. The number of rotatable bonds is 6. The summed E-state index contributed by atoms with van der Waals surface area (Å²) in [6.45, 7) is 7.11. The Balaban J connectivity index is 0.00000272. The van der Waals surface area contributed by atoms with Gasteiger partial charge in [-0.15, -0.1) is 34.2 Å². The lowest BCUT2D eigenvalue weighted by atomic mass is 9.99. The van der Waals surface area contributed by atoms with Gasteiger partial charge in [-0.2, -0.15) is 0 Å². The molecule has 2 aromatic heterocycles. The number of hydrogen-bond acceptors (Lipinski definition) is 4. The Kier molecular flexibility index (Phi) is 8.65. The number of nitrogens with one attached hydrogen (secondary N) is 2. The fourth-order valence-electron chi connectivity index (χ4n) is 4.03. The summed E-state index contributed by atoms with van der Waals surface area (Å²) in [6, 6.07) is 14.8. The van der Waals surface area contributed by atoms with Crippen LogP contribution in [0.4, 0.5) is 0 Å². The molecule has 3 heterocycles. The highest BCUT2D eigenvalue weighted by molar-refractivity contribution is 14.0. The van der Waals surface area contributed by atoms with Crippen molar-refractivity contribution in [2.75, 3.05) is 20.1 Å². The third-order valence-electron chi connectivity index (χ3n) is 5.65. The van der Waals surface area contributed by atoms with Gasteiger partial charge in [0, 0.05) is 32.9 Å². The lowest BCUT2D eigenvalue weighted by Gasteiger charge is -2.30. The minimum atomic E-state index is 0. The van der Waals surface area contributed by atoms with Crippen LogP contribution in [-0.4, -0.2) is 45.6 Å². The van der Waals surface area contributed by atoms with Crippen LogP contribution in [0, 0.1) is 5.92 Å². The molecule has 1 saturated heterocycles. The van der Waals surface area contributed by atoms with E-state index in [-0.39, 0.29) is 24.0 Å². The van der Waals surface area contributed by atoms with Gasteiger partial charge in [0.05, 0.1) is 6.54 Å². The molecule has 1 unspecified atom stereocenters. The Hall–Kier alpha value is -2.20. The van der Waals surface area contributed by atoms with Gasteiger partial charge in [0.25, 0.3) is 0 Å². The lowest BCUT2D eigenvalue weighted by molar-refractivity contribution is 0.176. The Bertz CT molecular complexity index is 983. The predicted molar refractivity (Wildman–Crippen MR) is 136 cm³/mol. The molecule has 0 aliphatic carbocycles. The Labute approximate surface area is 201 Å². The Morgan fingerprint density at radius 3 is 2.61 bits per heavy atom. The van der Waals surface area contributed by atoms with Gasteiger partial charge in [0.1, 0.15) is 0 Å². The summed E-state index contributed by atoms with van der Waals surface area (Å²) in [6.07, 6.45) is 4.65. The average molecular weight is 533 g/mol. The second-order valence-electron chi connectivity index (χ2n) is 8.12. The minimum Gasteiger partial charge on any atom is -0.352 e. The fraction of sp³-hybridized carbons (Fsp3) is 0.435. The van der Waals surface area contributed by atoms with Crippen molar-refractivity contribution < 1.29 is 0 Å². The average Bonchev–Trinajstić information content (AvgIpc) is 3.18. The molecule has 1 aromatic carbocycles. The number of aromatic nitrogens is 3. The molecule has 1 aliphatic rings. The number of nitrogens with zero attached hydrogens (tertiary/aromatic N) is 5. The summed E-state index contributed by atoms with van der Waals surface area (Å²) in [5.41, 5.74) is 3.46. The molecule has 166 valence electrons. The molecule has 0 spiro atoms. The maximum atomic E-state index is 4.31. The Morgan fingerprint density at radius 1 is 1.06 bits per heavy atom. The maximum absolute atomic E-state index is 4.31. The number of benzene rings is 1. The summed E-state index contributed by atoms with van der Waals surface area (Å²) < 4.78 is 1.97. The smallest absolute Gasteiger partial charge is 0.191 e. The van der Waals surface area contributed by atoms with E-state index in [9.17, 15) is 0 Å². The number of piperidine rings is 1. The zero-order valence-corrected chi connectivity index (χ0v) is 20.6. The molecule has 0 bridgehead atoms. The number of hydrogen-bond donors (Lipinski definition) is 2. The summed E-state index contributed by atoms with van der Waals surface area (Å²) >= 11 is 0. The van der Waals surface area contributed by atoms with Crippen molar-refractivity contribution in [2.45, 2.75) is 39.4 Å². The van der Waals surface area contributed by atoms with E-state index in [1.165, 1.54) is 37.1 Å². The molecule has 31 heavy (non-hydrogen) atoms. The third-order valence-corrected chi connectivity index (χ3v) is 5.65. The molecule has 8 heteroatoms. The molecular weight excluding hydrogens is 501 g/mol. The number of halogens is 1. The van der Waals surface area contributed by atoms with Gasteiger partial charge in [-0.3, -0.25) is 14.3 Å². The summed E-state index contributed by atoms with van der Waals surface area (Å²) in [4.78, 5) is 6.89. The quantitative estimate of drug-likeness (QED) is 0.289. The lowest BCUT2D eigenvalue weighted by Crippen LogP contribution is -2.36. The van der Waals surface area contributed by atoms with Crippen LogP contribution >= 0.6 is 24.0 Å². The molecule has 1 fully saturated rings. The van der Waals surface area contributed by atoms with Crippen LogP contribution < -0.4 is 10.6 Å². The highest BCUT2D eigenvalue weighted by atomic mass is 127. The number of pyridine rings is 1. The molecule has 0 radical (unpaired) electrons. The molecule has 7 nitrogen and oxygen atoms in total. The predicted octanol–water partition coefficient (Wildman–Crippen LogP) is 3.44. The third kappa shape index (κ3) is 6.39. The van der Waals surface area contributed by atoms with Crippen molar-refractivity contribution in [1.29, 1.82) is 0 Å². The van der Waals surface area contributed by atoms with Gasteiger partial charge in [0.15, 0.2) is 17.4 Å². The van der Waals surface area contributed by atoms with Crippen molar-refractivity contribution in [1.82, 2.24) is 30.1 Å². The molecule has 1 atom stereocenters. The van der Waals surface area contributed by atoms with Crippen molar-refractivity contribution >= 4 is 35.6 Å². The first kappa shape index (κ1) is 23.5. The van der Waals surface area contributed by atoms with E-state index < -0.39 is 0 Å². The van der Waals surface area contributed by atoms with Crippen LogP contribution in [0.5, 0.6) is 0 Å². The van der Waals surface area contributed by atoms with Gasteiger partial charge in [0.2, 0.25) is 0 Å². The molecule has 0 amide bonds. The molecular formula is C23H32IN7. The summed E-state index contributed by atoms with van der Waals surface area (Å²) in [5, 5.41) is 15.1. The van der Waals surface area contributed by atoms with Gasteiger partial charge in [-0.05, 0) is 48.6 Å². The van der Waals surface area contributed by atoms with Crippen LogP contribution in [0.1, 0.15) is 36.7 Å². The molecule has 4 rings (SSSR count). The van der Waals surface area contributed by atoms with Crippen molar-refractivity contribution in [2.24, 2.45) is 10.9 Å². The van der Waals surface area contributed by atoms with Gasteiger partial charge in [-0.1, -0.05) is 37.3 Å². The van der Waals surface area contributed by atoms with Gasteiger partial charge < -0.3 is 10.6 Å². The zero-order valence-electron chi connectivity index (χ0n) is 18.3. The topological polar surface area (TPSA) is 69.8 Å². The fourth-order valence-corrected chi connectivity index (χ4v) is 4.03. The summed E-state index contributed by atoms with van der Waals surface area (Å²) in [5.74, 6) is 2.41. The van der Waals surface area contributed by atoms with Crippen LogP contribution in [0.2, 0.25) is 0 Å². The van der Waals surface area contributed by atoms with Crippen LogP contribution in [0.25, 0.3) is 5.65 Å². The summed E-state index contributed by atoms with van der Waals surface area (Å²) in [7, 11) is 1.78. The highest BCUT2D eigenvalue weighted by Crippen LogP contribution is 2.18. The molecule has 3 aromatic rings. The van der Waals surface area contributed by atoms with Gasteiger partial charge in [-0.25, -0.2) is 0 Å². The van der Waals surface area contributed by atoms with Gasteiger partial charge >= 0.3 is 0 Å². The number of aliphatic imine (C=N–C) groups is 1. The normalized spacial score (nSPS) is 17.4. The van der Waals surface area contributed by atoms with Crippen molar-refractivity contribution in [3.8, 4) is 0 Å². The highest BCUT2D eigenvalue weighted by Gasteiger charge is 2.16. The monoisotopic (exact) mass is 533 g/mol. The largest absolute Gasteiger partial charge is 0.352 e. The molecule has 1 aliphatic heterocycles. The Morgan fingerprint density at radius 2 is 1.84 bits per heavy atom. The first-order valence-corrected chi connectivity index (χ1v) is 10.7. The van der Waals surface area contributed by atoms with Crippen LogP contribution in [0.15, 0.2) is 53.7 Å². The standard InChI is InChI=1S/C23H31N7.HI/c1-18-6-5-12-29(16-18)17-20-10-8-19(9-11-20)14-25-23(24-2)26-15-22-28-27-21-7-3-4-13-30(21)22;/h3-4,7-11,13,18H,5-6,12,14-17H2,1-2H3,(H2,24,25,26);1H. The van der Waals surface area contributed by atoms with E-state index in [2.05, 4.69) is 61.9 Å². The van der Waals surface area contributed by atoms with E-state index >= 15 is 0 Å². The van der Waals surface area contributed by atoms with E-state index in [1.54, 1.807) is 7.05 Å². The van der Waals surface area contributed by atoms with Crippen molar-refractivity contribution in [3.63, 3.8) is 0 Å². The molecule has 2 N–H and O–H groups in total. The first-order chi connectivity index (χ1) is 14.7.